The molecule has 1 aliphatic rings. The van der Waals surface area contributed by atoms with E-state index in [4.69, 9.17) is 10.5 Å². The van der Waals surface area contributed by atoms with Crippen LogP contribution in [0.4, 0.5) is 5.69 Å². The molecular weight excluding hydrogens is 278 g/mol. The second-order valence-corrected chi connectivity index (χ2v) is 6.65. The average molecular weight is 299 g/mol. The molecule has 3 N–H and O–H groups in total. The lowest BCUT2D eigenvalue weighted by Crippen LogP contribution is -2.48. The van der Waals surface area contributed by atoms with Crippen LogP contribution in [0.1, 0.15) is 16.7 Å². The maximum atomic E-state index is 12.6. The summed E-state index contributed by atoms with van der Waals surface area (Å²) in [5.41, 5.74) is 8.59. The number of hydrogen-bond acceptors (Lipinski definition) is 5. The Morgan fingerprint density at radius 1 is 1.20 bits per heavy atom. The number of rotatable bonds is 3. The van der Waals surface area contributed by atoms with Gasteiger partial charge in [0, 0.05) is 18.8 Å². The molecule has 6 nitrogen and oxygen atoms in total. The Morgan fingerprint density at radius 3 is 2.40 bits per heavy atom. The number of aryl methyl sites for hydroxylation is 1. The van der Waals surface area contributed by atoms with E-state index >= 15 is 0 Å². The van der Waals surface area contributed by atoms with Gasteiger partial charge in [0.25, 0.3) is 10.0 Å². The van der Waals surface area contributed by atoms with Crippen molar-refractivity contribution in [3.63, 3.8) is 0 Å². The fourth-order valence-electron chi connectivity index (χ4n) is 2.31. The summed E-state index contributed by atoms with van der Waals surface area (Å²) in [5, 5.41) is 1.66. The number of benzene rings is 1. The van der Waals surface area contributed by atoms with Crippen LogP contribution in [0.25, 0.3) is 0 Å². The lowest BCUT2D eigenvalue weighted by molar-refractivity contribution is 0.0272. The Morgan fingerprint density at radius 2 is 1.80 bits per heavy atom. The van der Waals surface area contributed by atoms with Crippen molar-refractivity contribution in [2.75, 3.05) is 32.0 Å². The maximum Gasteiger partial charge on any atom is 0.254 e. The quantitative estimate of drug-likeness (QED) is 0.803. The van der Waals surface area contributed by atoms with Crippen LogP contribution in [0.3, 0.4) is 0 Å². The average Bonchev–Trinajstić information content (AvgIpc) is 2.37. The van der Waals surface area contributed by atoms with Gasteiger partial charge in [-0.1, -0.05) is 0 Å². The third kappa shape index (κ3) is 2.95. The first-order valence-corrected chi connectivity index (χ1v) is 8.02. The molecule has 1 saturated heterocycles. The molecule has 2 rings (SSSR count). The van der Waals surface area contributed by atoms with Crippen molar-refractivity contribution in [3.8, 4) is 0 Å². The van der Waals surface area contributed by atoms with E-state index < -0.39 is 10.0 Å². The molecular formula is C13H21N3O3S. The van der Waals surface area contributed by atoms with E-state index in [0.717, 1.165) is 11.1 Å². The molecule has 0 unspecified atom stereocenters. The highest BCUT2D eigenvalue weighted by Gasteiger charge is 2.25. The second kappa shape index (κ2) is 5.69. The van der Waals surface area contributed by atoms with Crippen molar-refractivity contribution >= 4 is 15.7 Å². The molecule has 1 heterocycles. The molecule has 1 aromatic carbocycles. The lowest BCUT2D eigenvalue weighted by Gasteiger charge is -2.27. The zero-order valence-electron chi connectivity index (χ0n) is 12.1. The van der Waals surface area contributed by atoms with Crippen molar-refractivity contribution < 1.29 is 13.2 Å². The molecule has 112 valence electrons. The van der Waals surface area contributed by atoms with Gasteiger partial charge in [0.15, 0.2) is 0 Å². The van der Waals surface area contributed by atoms with E-state index in [1.165, 1.54) is 0 Å². The van der Waals surface area contributed by atoms with Crippen LogP contribution in [-0.2, 0) is 14.8 Å². The van der Waals surface area contributed by atoms with Crippen molar-refractivity contribution in [3.05, 3.63) is 22.8 Å². The number of hydrazine groups is 1. The van der Waals surface area contributed by atoms with Crippen LogP contribution in [0.2, 0.25) is 0 Å². The summed E-state index contributed by atoms with van der Waals surface area (Å²) in [5.74, 6) is 0. The highest BCUT2D eigenvalue weighted by molar-refractivity contribution is 7.89. The molecule has 0 spiro atoms. The number of sulfonamides is 1. The predicted molar refractivity (Wildman–Crippen MR) is 77.8 cm³/mol. The minimum atomic E-state index is -3.63. The highest BCUT2D eigenvalue weighted by atomic mass is 32.2. The number of nitrogens with two attached hydrogens (primary N) is 1. The van der Waals surface area contributed by atoms with Crippen LogP contribution in [0.5, 0.6) is 0 Å². The summed E-state index contributed by atoms with van der Waals surface area (Å²) in [7, 11) is -3.63. The smallest absolute Gasteiger partial charge is 0.254 e. The molecule has 0 radical (unpaired) electrons. The minimum absolute atomic E-state index is 0.279. The molecule has 0 saturated carbocycles. The third-order valence-corrected chi connectivity index (χ3v) is 5.26. The van der Waals surface area contributed by atoms with Gasteiger partial charge in [-0.25, -0.2) is 13.4 Å². The first-order valence-electron chi connectivity index (χ1n) is 6.54. The summed E-state index contributed by atoms with van der Waals surface area (Å²) >= 11 is 0. The number of hydrogen-bond donors (Lipinski definition) is 2. The monoisotopic (exact) mass is 299 g/mol. The van der Waals surface area contributed by atoms with Gasteiger partial charge in [-0.2, -0.15) is 0 Å². The van der Waals surface area contributed by atoms with Crippen LogP contribution in [-0.4, -0.2) is 39.7 Å². The highest BCUT2D eigenvalue weighted by Crippen LogP contribution is 2.27. The summed E-state index contributed by atoms with van der Waals surface area (Å²) < 4.78 is 30.4. The van der Waals surface area contributed by atoms with E-state index in [0.29, 0.717) is 37.6 Å². The van der Waals surface area contributed by atoms with Crippen molar-refractivity contribution in [1.29, 1.82) is 0 Å². The van der Waals surface area contributed by atoms with Crippen LogP contribution >= 0.6 is 0 Å². The molecule has 1 aromatic rings. The molecule has 0 aromatic heterocycles. The molecule has 20 heavy (non-hydrogen) atoms. The molecule has 0 bridgehead atoms. The Balaban J connectivity index is 2.38. The first-order chi connectivity index (χ1) is 9.33. The van der Waals surface area contributed by atoms with Crippen molar-refractivity contribution in [2.24, 2.45) is 0 Å². The standard InChI is InChI=1S/C13H21N3O3S/c1-9-8-12(14)11(3)13(10(9)2)20(17,18)15-16-4-6-19-7-5-16/h8,15H,4-7,14H2,1-3H3. The SMILES string of the molecule is Cc1cc(N)c(C)c(S(=O)(=O)NN2CCOCC2)c1C. The third-order valence-electron chi connectivity index (χ3n) is 3.61. The largest absolute Gasteiger partial charge is 0.398 e. The minimum Gasteiger partial charge on any atom is -0.398 e. The fraction of sp³-hybridized carbons (Fsp3) is 0.538. The number of nitrogen functional groups attached to an aromatic ring is 1. The summed E-state index contributed by atoms with van der Waals surface area (Å²) in [4.78, 5) is 2.90. The molecule has 1 aliphatic heterocycles. The number of nitrogens with zero attached hydrogens (tertiary/aromatic N) is 1. The first kappa shape index (κ1) is 15.2. The zero-order valence-corrected chi connectivity index (χ0v) is 12.9. The van der Waals surface area contributed by atoms with Gasteiger partial charge in [0.1, 0.15) is 0 Å². The van der Waals surface area contributed by atoms with Gasteiger partial charge in [-0.3, -0.25) is 0 Å². The van der Waals surface area contributed by atoms with Crippen LogP contribution in [0.15, 0.2) is 11.0 Å². The van der Waals surface area contributed by atoms with Gasteiger partial charge < -0.3 is 10.5 Å². The lowest BCUT2D eigenvalue weighted by atomic mass is 10.1. The van der Waals surface area contributed by atoms with Gasteiger partial charge in [-0.15, -0.1) is 4.83 Å². The molecule has 0 amide bonds. The molecule has 7 heteroatoms. The Bertz CT molecular complexity index is 582. The van der Waals surface area contributed by atoms with E-state index in [9.17, 15) is 8.42 Å². The van der Waals surface area contributed by atoms with Gasteiger partial charge in [0.05, 0.1) is 18.1 Å². The van der Waals surface area contributed by atoms with Gasteiger partial charge >= 0.3 is 0 Å². The Hall–Kier alpha value is -1.15. The number of ether oxygens (including phenoxy) is 1. The van der Waals surface area contributed by atoms with Crippen LogP contribution < -0.4 is 10.6 Å². The van der Waals surface area contributed by atoms with Gasteiger partial charge in [-0.05, 0) is 43.5 Å². The fourth-order valence-corrected chi connectivity index (χ4v) is 4.01. The second-order valence-electron chi connectivity index (χ2n) is 5.06. The van der Waals surface area contributed by atoms with E-state index in [1.54, 1.807) is 24.9 Å². The van der Waals surface area contributed by atoms with E-state index in [-0.39, 0.29) is 4.90 Å². The zero-order chi connectivity index (χ0) is 14.9. The van der Waals surface area contributed by atoms with Crippen LogP contribution in [0, 0.1) is 20.8 Å². The summed E-state index contributed by atoms with van der Waals surface area (Å²) in [6.07, 6.45) is 0. The Labute approximate surface area is 119 Å². The molecule has 1 fully saturated rings. The molecule has 0 atom stereocenters. The normalized spacial score (nSPS) is 17.4. The van der Waals surface area contributed by atoms with E-state index in [1.807, 2.05) is 6.92 Å². The van der Waals surface area contributed by atoms with Crippen molar-refractivity contribution in [1.82, 2.24) is 9.84 Å². The molecule has 0 aliphatic carbocycles. The van der Waals surface area contributed by atoms with Crippen molar-refractivity contribution in [2.45, 2.75) is 25.7 Å². The topological polar surface area (TPSA) is 84.7 Å². The number of morpholine rings is 1. The maximum absolute atomic E-state index is 12.6. The summed E-state index contributed by atoms with van der Waals surface area (Å²) in [6.45, 7) is 7.52. The number of nitrogens with one attached hydrogen (secondary N) is 1. The van der Waals surface area contributed by atoms with Gasteiger partial charge in [0.2, 0.25) is 0 Å². The van der Waals surface area contributed by atoms with E-state index in [2.05, 4.69) is 4.83 Å². The Kier molecular flexibility index (Phi) is 4.33. The summed E-state index contributed by atoms with van der Waals surface area (Å²) in [6, 6.07) is 1.80. The number of anilines is 1. The predicted octanol–water partition coefficient (Wildman–Crippen LogP) is 0.720.